The lowest BCUT2D eigenvalue weighted by Gasteiger charge is -2.32. The average molecular weight is 212 g/mol. The largest absolute Gasteiger partial charge is 0.481 e. The van der Waals surface area contributed by atoms with Gasteiger partial charge in [0, 0.05) is 6.04 Å². The molecule has 82 valence electrons. The van der Waals surface area contributed by atoms with E-state index in [1.165, 1.54) is 4.90 Å². The Morgan fingerprint density at radius 2 is 2.13 bits per heavy atom. The molecule has 1 heterocycles. The van der Waals surface area contributed by atoms with Gasteiger partial charge in [-0.3, -0.25) is 14.5 Å². The van der Waals surface area contributed by atoms with Crippen LogP contribution >= 0.6 is 0 Å². The number of urea groups is 1. The van der Waals surface area contributed by atoms with E-state index >= 15 is 0 Å². The Morgan fingerprint density at radius 3 is 2.60 bits per heavy atom. The number of imide groups is 1. The molecule has 1 aliphatic heterocycles. The number of nitrogens with one attached hydrogen (secondary N) is 1. The van der Waals surface area contributed by atoms with Gasteiger partial charge >= 0.3 is 12.0 Å². The van der Waals surface area contributed by atoms with E-state index in [1.807, 2.05) is 0 Å². The SMILES string of the molecule is O=C(O)CC1NC(=O)N(C2CCC2)C1=O. The number of amides is 3. The van der Waals surface area contributed by atoms with E-state index in [2.05, 4.69) is 5.32 Å². The summed E-state index contributed by atoms with van der Waals surface area (Å²) >= 11 is 0. The minimum atomic E-state index is -1.08. The molecule has 1 saturated heterocycles. The van der Waals surface area contributed by atoms with Crippen LogP contribution in [0, 0.1) is 0 Å². The van der Waals surface area contributed by atoms with Crippen molar-refractivity contribution in [2.24, 2.45) is 0 Å². The third-order valence-electron chi connectivity index (χ3n) is 2.87. The second-order valence-corrected chi connectivity index (χ2v) is 3.89. The second-order valence-electron chi connectivity index (χ2n) is 3.89. The number of aliphatic carboxylic acids is 1. The van der Waals surface area contributed by atoms with Gasteiger partial charge in [-0.25, -0.2) is 4.79 Å². The minimum absolute atomic E-state index is 0.0173. The summed E-state index contributed by atoms with van der Waals surface area (Å²) in [5.74, 6) is -1.48. The number of carbonyl (C=O) groups excluding carboxylic acids is 2. The van der Waals surface area contributed by atoms with E-state index in [0.717, 1.165) is 19.3 Å². The highest BCUT2D eigenvalue weighted by Crippen LogP contribution is 2.27. The van der Waals surface area contributed by atoms with Gasteiger partial charge in [0.25, 0.3) is 5.91 Å². The highest BCUT2D eigenvalue weighted by molar-refractivity contribution is 6.05. The van der Waals surface area contributed by atoms with Crippen molar-refractivity contribution in [1.82, 2.24) is 10.2 Å². The molecule has 0 bridgehead atoms. The van der Waals surface area contributed by atoms with Crippen LogP contribution < -0.4 is 5.32 Å². The lowest BCUT2D eigenvalue weighted by atomic mass is 9.91. The fraction of sp³-hybridized carbons (Fsp3) is 0.667. The van der Waals surface area contributed by atoms with Crippen molar-refractivity contribution in [2.75, 3.05) is 0 Å². The Bertz CT molecular complexity index is 324. The average Bonchev–Trinajstić information content (AvgIpc) is 2.29. The quantitative estimate of drug-likeness (QED) is 0.641. The smallest absolute Gasteiger partial charge is 0.325 e. The lowest BCUT2D eigenvalue weighted by Crippen LogP contribution is -2.44. The maximum atomic E-state index is 11.7. The standard InChI is InChI=1S/C9H12N2O4/c12-7(13)4-6-8(14)11(9(15)10-6)5-2-1-3-5/h5-6H,1-4H2,(H,10,15)(H,12,13). The Balaban J connectivity index is 2.05. The fourth-order valence-corrected chi connectivity index (χ4v) is 1.85. The van der Waals surface area contributed by atoms with Gasteiger partial charge < -0.3 is 10.4 Å². The zero-order valence-electron chi connectivity index (χ0n) is 8.10. The number of rotatable bonds is 3. The number of carboxylic acids is 1. The predicted octanol–water partition coefficient (Wildman–Crippen LogP) is -0.0660. The van der Waals surface area contributed by atoms with Gasteiger partial charge in [-0.05, 0) is 19.3 Å². The molecule has 3 amide bonds. The molecule has 15 heavy (non-hydrogen) atoms. The molecule has 0 aromatic rings. The first kappa shape index (κ1) is 9.95. The summed E-state index contributed by atoms with van der Waals surface area (Å²) < 4.78 is 0. The molecule has 1 unspecified atom stereocenters. The predicted molar refractivity (Wildman–Crippen MR) is 49.1 cm³/mol. The topological polar surface area (TPSA) is 86.7 Å². The Labute approximate surface area is 86.2 Å². The van der Waals surface area contributed by atoms with Crippen LogP contribution in [0.25, 0.3) is 0 Å². The summed E-state index contributed by atoms with van der Waals surface area (Å²) in [6.07, 6.45) is 2.34. The highest BCUT2D eigenvalue weighted by atomic mass is 16.4. The zero-order valence-corrected chi connectivity index (χ0v) is 8.10. The molecular weight excluding hydrogens is 200 g/mol. The van der Waals surface area contributed by atoms with Crippen LogP contribution in [0.2, 0.25) is 0 Å². The van der Waals surface area contributed by atoms with Crippen LogP contribution in [0.3, 0.4) is 0 Å². The van der Waals surface area contributed by atoms with E-state index in [4.69, 9.17) is 5.11 Å². The van der Waals surface area contributed by atoms with Crippen molar-refractivity contribution in [3.05, 3.63) is 0 Å². The molecule has 0 radical (unpaired) electrons. The molecule has 2 rings (SSSR count). The normalized spacial score (nSPS) is 26.4. The number of hydrogen-bond acceptors (Lipinski definition) is 3. The van der Waals surface area contributed by atoms with E-state index in [0.29, 0.717) is 0 Å². The highest BCUT2D eigenvalue weighted by Gasteiger charge is 2.44. The summed E-state index contributed by atoms with van der Waals surface area (Å²) in [5.41, 5.74) is 0. The van der Waals surface area contributed by atoms with Crippen molar-refractivity contribution < 1.29 is 19.5 Å². The molecular formula is C9H12N2O4. The van der Waals surface area contributed by atoms with Gasteiger partial charge in [0.2, 0.25) is 0 Å². The number of nitrogens with zero attached hydrogens (tertiary/aromatic N) is 1. The lowest BCUT2D eigenvalue weighted by molar-refractivity contribution is -0.140. The molecule has 2 fully saturated rings. The molecule has 6 heteroatoms. The maximum Gasteiger partial charge on any atom is 0.325 e. The number of carbonyl (C=O) groups is 3. The van der Waals surface area contributed by atoms with Gasteiger partial charge in [0.05, 0.1) is 6.42 Å². The summed E-state index contributed by atoms with van der Waals surface area (Å²) in [4.78, 5) is 34.7. The minimum Gasteiger partial charge on any atom is -0.481 e. The summed E-state index contributed by atoms with van der Waals surface area (Å²) in [5, 5.41) is 10.9. The van der Waals surface area contributed by atoms with Crippen LogP contribution in [-0.4, -0.2) is 40.0 Å². The Hall–Kier alpha value is -1.59. The van der Waals surface area contributed by atoms with Gasteiger partial charge in [0.15, 0.2) is 0 Å². The molecule has 1 aliphatic carbocycles. The van der Waals surface area contributed by atoms with Gasteiger partial charge in [-0.15, -0.1) is 0 Å². The Kier molecular flexibility index (Phi) is 2.34. The first-order valence-electron chi connectivity index (χ1n) is 4.95. The van der Waals surface area contributed by atoms with Crippen molar-refractivity contribution in [3.63, 3.8) is 0 Å². The Morgan fingerprint density at radius 1 is 1.47 bits per heavy atom. The number of carboxylic acid groups (broad SMARTS) is 1. The van der Waals surface area contributed by atoms with Crippen LogP contribution in [0.1, 0.15) is 25.7 Å². The van der Waals surface area contributed by atoms with E-state index in [1.54, 1.807) is 0 Å². The first-order chi connectivity index (χ1) is 7.09. The first-order valence-corrected chi connectivity index (χ1v) is 4.95. The van der Waals surface area contributed by atoms with Gasteiger partial charge in [-0.1, -0.05) is 0 Å². The van der Waals surface area contributed by atoms with E-state index in [9.17, 15) is 14.4 Å². The maximum absolute atomic E-state index is 11.7. The monoisotopic (exact) mass is 212 g/mol. The van der Waals surface area contributed by atoms with Crippen molar-refractivity contribution in [3.8, 4) is 0 Å². The van der Waals surface area contributed by atoms with Crippen LogP contribution in [0.4, 0.5) is 4.79 Å². The molecule has 1 atom stereocenters. The summed E-state index contributed by atoms with van der Waals surface area (Å²) in [6.45, 7) is 0. The molecule has 1 saturated carbocycles. The third kappa shape index (κ3) is 1.67. The van der Waals surface area contributed by atoms with Crippen LogP contribution in [0.5, 0.6) is 0 Å². The van der Waals surface area contributed by atoms with Gasteiger partial charge in [0.1, 0.15) is 6.04 Å². The summed E-state index contributed by atoms with van der Waals surface area (Å²) in [7, 11) is 0. The van der Waals surface area contributed by atoms with E-state index in [-0.39, 0.29) is 12.5 Å². The van der Waals surface area contributed by atoms with Crippen molar-refractivity contribution >= 4 is 17.9 Å². The molecule has 2 aliphatic rings. The molecule has 6 nitrogen and oxygen atoms in total. The molecule has 2 N–H and O–H groups in total. The zero-order chi connectivity index (χ0) is 11.0. The fourth-order valence-electron chi connectivity index (χ4n) is 1.85. The molecule has 0 spiro atoms. The van der Waals surface area contributed by atoms with Crippen LogP contribution in [0.15, 0.2) is 0 Å². The summed E-state index contributed by atoms with van der Waals surface area (Å²) in [6, 6.07) is -1.34. The number of hydrogen-bond donors (Lipinski definition) is 2. The van der Waals surface area contributed by atoms with Gasteiger partial charge in [-0.2, -0.15) is 0 Å². The third-order valence-corrected chi connectivity index (χ3v) is 2.87. The van der Waals surface area contributed by atoms with E-state index < -0.39 is 23.9 Å². The van der Waals surface area contributed by atoms with Crippen LogP contribution in [-0.2, 0) is 9.59 Å². The van der Waals surface area contributed by atoms with Crippen molar-refractivity contribution in [2.45, 2.75) is 37.8 Å². The molecule has 0 aromatic heterocycles. The second kappa shape index (κ2) is 3.52. The molecule has 0 aromatic carbocycles. The van der Waals surface area contributed by atoms with Crippen molar-refractivity contribution in [1.29, 1.82) is 0 Å².